The maximum atomic E-state index is 11.0. The standard InChI is InChI=1S/C24H28N4O2/c1-4-28-20(14-18-8-6-5-7-9-18)15-22(26-28)24-25-23(27-30-24)19-12-16(2)21(10-11-29)17(3)13-19/h6,8-9,11-13,15-16,21H,4-5,7,10,14H2,1-3H3. The van der Waals surface area contributed by atoms with Crippen molar-refractivity contribution in [2.45, 2.75) is 53.0 Å². The molecule has 6 heteroatoms. The van der Waals surface area contributed by atoms with E-state index in [0.29, 0.717) is 23.8 Å². The Balaban J connectivity index is 1.57. The van der Waals surface area contributed by atoms with Crippen molar-refractivity contribution in [1.29, 1.82) is 0 Å². The lowest BCUT2D eigenvalue weighted by molar-refractivity contribution is -0.108. The molecule has 0 amide bonds. The van der Waals surface area contributed by atoms with E-state index in [1.54, 1.807) is 0 Å². The molecular formula is C24H28N4O2. The maximum absolute atomic E-state index is 11.0. The van der Waals surface area contributed by atoms with Crippen LogP contribution in [0.15, 0.2) is 52.1 Å². The van der Waals surface area contributed by atoms with Gasteiger partial charge in [0.05, 0.1) is 0 Å². The van der Waals surface area contributed by atoms with Gasteiger partial charge >= 0.3 is 0 Å². The van der Waals surface area contributed by atoms with Crippen LogP contribution in [0, 0.1) is 11.8 Å². The lowest BCUT2D eigenvalue weighted by Gasteiger charge is -2.25. The Morgan fingerprint density at radius 2 is 2.20 bits per heavy atom. The highest BCUT2D eigenvalue weighted by molar-refractivity contribution is 5.73. The second kappa shape index (κ2) is 8.78. The Morgan fingerprint density at radius 3 is 2.90 bits per heavy atom. The number of hydrogen-bond donors (Lipinski definition) is 0. The number of carbonyl (C=O) groups excluding carboxylic acids is 1. The summed E-state index contributed by atoms with van der Waals surface area (Å²) in [6.45, 7) is 7.05. The minimum atomic E-state index is 0.239. The number of carbonyl (C=O) groups is 1. The summed E-state index contributed by atoms with van der Waals surface area (Å²) < 4.78 is 7.56. The molecule has 2 aromatic rings. The zero-order valence-corrected chi connectivity index (χ0v) is 17.8. The molecule has 0 bridgehead atoms. The van der Waals surface area contributed by atoms with E-state index in [1.807, 2.05) is 10.7 Å². The van der Waals surface area contributed by atoms with E-state index < -0.39 is 0 Å². The average molecular weight is 405 g/mol. The third kappa shape index (κ3) is 4.13. The maximum Gasteiger partial charge on any atom is 0.278 e. The highest BCUT2D eigenvalue weighted by Crippen LogP contribution is 2.34. The van der Waals surface area contributed by atoms with E-state index >= 15 is 0 Å². The first-order chi connectivity index (χ1) is 14.6. The molecule has 0 saturated heterocycles. The molecule has 0 aliphatic heterocycles. The van der Waals surface area contributed by atoms with Gasteiger partial charge in [-0.05, 0) is 50.2 Å². The normalized spacial score (nSPS) is 21.2. The Kier molecular flexibility index (Phi) is 5.93. The molecule has 0 N–H and O–H groups in total. The summed E-state index contributed by atoms with van der Waals surface area (Å²) >= 11 is 0. The van der Waals surface area contributed by atoms with E-state index in [-0.39, 0.29) is 11.8 Å². The van der Waals surface area contributed by atoms with Crippen LogP contribution in [0.1, 0.15) is 51.6 Å². The van der Waals surface area contributed by atoms with Gasteiger partial charge in [-0.15, -0.1) is 0 Å². The van der Waals surface area contributed by atoms with Crippen LogP contribution in [0.5, 0.6) is 0 Å². The molecule has 2 aliphatic rings. The largest absolute Gasteiger partial charge is 0.332 e. The van der Waals surface area contributed by atoms with Gasteiger partial charge in [-0.3, -0.25) is 4.68 Å². The van der Waals surface area contributed by atoms with E-state index in [4.69, 9.17) is 4.52 Å². The molecule has 2 aliphatic carbocycles. The molecule has 2 unspecified atom stereocenters. The van der Waals surface area contributed by atoms with Crippen LogP contribution in [0.2, 0.25) is 0 Å². The molecule has 156 valence electrons. The molecular weight excluding hydrogens is 376 g/mol. The molecule has 0 fully saturated rings. The van der Waals surface area contributed by atoms with Gasteiger partial charge in [-0.2, -0.15) is 10.1 Å². The summed E-state index contributed by atoms with van der Waals surface area (Å²) in [5, 5.41) is 8.88. The average Bonchev–Trinajstić information content (AvgIpc) is 3.38. The fourth-order valence-electron chi connectivity index (χ4n) is 4.29. The molecule has 0 saturated carbocycles. The highest BCUT2D eigenvalue weighted by Gasteiger charge is 2.24. The molecule has 2 atom stereocenters. The number of aryl methyl sites for hydroxylation is 1. The minimum absolute atomic E-state index is 0.239. The third-order valence-electron chi connectivity index (χ3n) is 5.92. The summed E-state index contributed by atoms with van der Waals surface area (Å²) in [6, 6.07) is 2.04. The third-order valence-corrected chi connectivity index (χ3v) is 5.92. The first kappa shape index (κ1) is 20.3. The quantitative estimate of drug-likeness (QED) is 0.610. The molecule has 6 nitrogen and oxygen atoms in total. The van der Waals surface area contributed by atoms with Crippen LogP contribution in [-0.2, 0) is 17.8 Å². The van der Waals surface area contributed by atoms with Gasteiger partial charge in [-0.1, -0.05) is 48.0 Å². The Labute approximate surface area is 177 Å². The van der Waals surface area contributed by atoms with Crippen molar-refractivity contribution in [3.63, 3.8) is 0 Å². The molecule has 4 rings (SSSR count). The monoisotopic (exact) mass is 404 g/mol. The smallest absolute Gasteiger partial charge is 0.278 e. The molecule has 0 radical (unpaired) electrons. The minimum Gasteiger partial charge on any atom is -0.332 e. The summed E-state index contributed by atoms with van der Waals surface area (Å²) in [5.74, 6) is 1.48. The van der Waals surface area contributed by atoms with Crippen molar-refractivity contribution in [1.82, 2.24) is 19.9 Å². The van der Waals surface area contributed by atoms with Crippen molar-refractivity contribution in [2.24, 2.45) is 11.8 Å². The van der Waals surface area contributed by atoms with Crippen LogP contribution in [-0.4, -0.2) is 26.2 Å². The zero-order chi connectivity index (χ0) is 21.1. The number of nitrogens with zero attached hydrogens (tertiary/aromatic N) is 4. The summed E-state index contributed by atoms with van der Waals surface area (Å²) in [6.07, 6.45) is 15.5. The fraction of sp³-hybridized carbons (Fsp3) is 0.417. The van der Waals surface area contributed by atoms with E-state index in [2.05, 4.69) is 66.4 Å². The van der Waals surface area contributed by atoms with Crippen molar-refractivity contribution in [3.8, 4) is 11.6 Å². The van der Waals surface area contributed by atoms with Gasteiger partial charge in [0.2, 0.25) is 5.82 Å². The van der Waals surface area contributed by atoms with E-state index in [1.165, 1.54) is 11.1 Å². The highest BCUT2D eigenvalue weighted by atomic mass is 16.5. The first-order valence-electron chi connectivity index (χ1n) is 10.7. The zero-order valence-electron chi connectivity index (χ0n) is 17.8. The van der Waals surface area contributed by atoms with Gasteiger partial charge in [0, 0.05) is 30.7 Å². The number of hydrogen-bond acceptors (Lipinski definition) is 5. The topological polar surface area (TPSA) is 73.8 Å². The fourth-order valence-corrected chi connectivity index (χ4v) is 4.29. The SMILES string of the molecule is CCn1nc(-c2nc(C3=CC(C)C(CC=O)C(C)=C3)no2)cc1CC1=CCCC=C1. The van der Waals surface area contributed by atoms with Gasteiger partial charge in [0.15, 0.2) is 5.69 Å². The Hall–Kier alpha value is -3.02. The summed E-state index contributed by atoms with van der Waals surface area (Å²) in [4.78, 5) is 15.6. The van der Waals surface area contributed by atoms with Crippen LogP contribution < -0.4 is 0 Å². The first-order valence-corrected chi connectivity index (χ1v) is 10.7. The lowest BCUT2D eigenvalue weighted by Crippen LogP contribution is -2.16. The second-order valence-electron chi connectivity index (χ2n) is 8.07. The van der Waals surface area contributed by atoms with Gasteiger partial charge in [0.1, 0.15) is 6.29 Å². The van der Waals surface area contributed by atoms with Crippen molar-refractivity contribution in [3.05, 3.63) is 59.1 Å². The number of allylic oxidation sites excluding steroid dienone is 8. The summed E-state index contributed by atoms with van der Waals surface area (Å²) in [7, 11) is 0. The molecule has 0 aromatic carbocycles. The van der Waals surface area contributed by atoms with Crippen molar-refractivity contribution in [2.75, 3.05) is 0 Å². The lowest BCUT2D eigenvalue weighted by atomic mass is 9.80. The molecule has 0 spiro atoms. The molecule has 30 heavy (non-hydrogen) atoms. The number of rotatable bonds is 7. The Morgan fingerprint density at radius 1 is 1.33 bits per heavy atom. The van der Waals surface area contributed by atoms with Gasteiger partial charge < -0.3 is 9.32 Å². The van der Waals surface area contributed by atoms with Crippen molar-refractivity contribution >= 4 is 11.9 Å². The second-order valence-corrected chi connectivity index (χ2v) is 8.07. The summed E-state index contributed by atoms with van der Waals surface area (Å²) in [5.41, 5.74) is 5.27. The van der Waals surface area contributed by atoms with E-state index in [0.717, 1.165) is 43.4 Å². The number of aromatic nitrogens is 4. The molecule has 2 aromatic heterocycles. The predicted octanol–water partition coefficient (Wildman–Crippen LogP) is 4.96. The van der Waals surface area contributed by atoms with E-state index in [9.17, 15) is 4.79 Å². The predicted molar refractivity (Wildman–Crippen MR) is 116 cm³/mol. The van der Waals surface area contributed by atoms with Crippen LogP contribution in [0.25, 0.3) is 17.2 Å². The van der Waals surface area contributed by atoms with Crippen LogP contribution in [0.3, 0.4) is 0 Å². The Bertz CT molecular complexity index is 1050. The van der Waals surface area contributed by atoms with Gasteiger partial charge in [0.25, 0.3) is 5.89 Å². The van der Waals surface area contributed by atoms with Crippen LogP contribution >= 0.6 is 0 Å². The van der Waals surface area contributed by atoms with Crippen molar-refractivity contribution < 1.29 is 9.32 Å². The van der Waals surface area contributed by atoms with Crippen LogP contribution in [0.4, 0.5) is 0 Å². The molecule has 2 heterocycles. The number of aldehydes is 1. The van der Waals surface area contributed by atoms with Gasteiger partial charge in [-0.25, -0.2) is 0 Å².